The second-order valence-corrected chi connectivity index (χ2v) is 2.87. The highest BCUT2D eigenvalue weighted by Gasteiger charge is 2.22. The summed E-state index contributed by atoms with van der Waals surface area (Å²) in [5.41, 5.74) is 0.885. The van der Waals surface area contributed by atoms with Crippen LogP contribution < -0.4 is 0 Å². The van der Waals surface area contributed by atoms with Gasteiger partial charge in [0.15, 0.2) is 5.76 Å². The number of hydrogen-bond acceptors (Lipinski definition) is 2. The highest BCUT2D eigenvalue weighted by Crippen LogP contribution is 2.33. The Balaban J connectivity index is 2.36. The van der Waals surface area contributed by atoms with E-state index in [1.54, 1.807) is 6.08 Å². The van der Waals surface area contributed by atoms with Crippen molar-refractivity contribution in [2.24, 2.45) is 0 Å². The minimum atomic E-state index is 0.304. The average molecular weight is 171 g/mol. The summed E-state index contributed by atoms with van der Waals surface area (Å²) in [6.07, 6.45) is 2.42. The number of hydrogen-bond donors (Lipinski definition) is 0. The lowest BCUT2D eigenvalue weighted by Gasteiger charge is -2.09. The molecule has 3 heteroatoms. The Kier molecular flexibility index (Phi) is 1.43. The molecule has 1 aliphatic carbocycles. The van der Waals surface area contributed by atoms with Gasteiger partial charge in [-0.15, -0.1) is 0 Å². The fourth-order valence-corrected chi connectivity index (χ4v) is 1.24. The van der Waals surface area contributed by atoms with Crippen molar-refractivity contribution < 1.29 is 9.47 Å². The summed E-state index contributed by atoms with van der Waals surface area (Å²) >= 11 is 5.83. The van der Waals surface area contributed by atoms with Crippen LogP contribution in [-0.4, -0.2) is 6.79 Å². The Labute approximate surface area is 69.7 Å². The molecular formula is C8H7ClO2. The zero-order valence-electron chi connectivity index (χ0n) is 5.89. The highest BCUT2D eigenvalue weighted by molar-refractivity contribution is 6.32. The molecule has 0 saturated heterocycles. The van der Waals surface area contributed by atoms with E-state index in [1.165, 1.54) is 0 Å². The summed E-state index contributed by atoms with van der Waals surface area (Å²) < 4.78 is 10.3. The molecule has 0 atom stereocenters. The van der Waals surface area contributed by atoms with Gasteiger partial charge in [0.2, 0.25) is 6.79 Å². The number of allylic oxidation sites excluding steroid dienone is 3. The Morgan fingerprint density at radius 2 is 2.27 bits per heavy atom. The topological polar surface area (TPSA) is 18.5 Å². The van der Waals surface area contributed by atoms with Crippen molar-refractivity contribution in [2.45, 2.75) is 6.42 Å². The smallest absolute Gasteiger partial charge is 0.230 e. The van der Waals surface area contributed by atoms with E-state index < -0.39 is 0 Å². The third kappa shape index (κ3) is 1.03. The molecule has 0 aromatic carbocycles. The van der Waals surface area contributed by atoms with Crippen molar-refractivity contribution in [3.8, 4) is 0 Å². The predicted octanol–water partition coefficient (Wildman–Crippen LogP) is 2.28. The number of rotatable bonds is 0. The maximum Gasteiger partial charge on any atom is 0.230 e. The lowest BCUT2D eigenvalue weighted by atomic mass is 10.1. The maximum absolute atomic E-state index is 5.83. The molecule has 0 fully saturated rings. The zero-order chi connectivity index (χ0) is 7.84. The number of halogens is 1. The number of ether oxygens (including phenoxy) is 2. The van der Waals surface area contributed by atoms with E-state index >= 15 is 0 Å². The van der Waals surface area contributed by atoms with Crippen LogP contribution in [0.3, 0.4) is 0 Å². The molecule has 0 bridgehead atoms. The molecular weight excluding hydrogens is 164 g/mol. The first-order valence-electron chi connectivity index (χ1n) is 3.31. The van der Waals surface area contributed by atoms with E-state index in [0.717, 1.165) is 17.1 Å². The van der Waals surface area contributed by atoms with Crippen molar-refractivity contribution in [2.75, 3.05) is 6.79 Å². The monoisotopic (exact) mass is 170 g/mol. The van der Waals surface area contributed by atoms with Crippen molar-refractivity contribution in [1.82, 2.24) is 0 Å². The quantitative estimate of drug-likeness (QED) is 0.555. The van der Waals surface area contributed by atoms with Gasteiger partial charge < -0.3 is 9.47 Å². The van der Waals surface area contributed by atoms with Crippen LogP contribution >= 0.6 is 11.6 Å². The highest BCUT2D eigenvalue weighted by atomic mass is 35.5. The molecule has 0 amide bonds. The van der Waals surface area contributed by atoms with Gasteiger partial charge in [0.1, 0.15) is 5.76 Å². The summed E-state index contributed by atoms with van der Waals surface area (Å²) in [6, 6.07) is 0. The third-order valence-electron chi connectivity index (χ3n) is 1.69. The molecule has 0 unspecified atom stereocenters. The van der Waals surface area contributed by atoms with Crippen LogP contribution in [0.1, 0.15) is 6.42 Å². The third-order valence-corrected chi connectivity index (χ3v) is 2.07. The minimum absolute atomic E-state index is 0.304. The Hall–Kier alpha value is -0.890. The molecule has 1 heterocycles. The second kappa shape index (κ2) is 2.31. The van der Waals surface area contributed by atoms with Crippen LogP contribution in [0, 0.1) is 0 Å². The van der Waals surface area contributed by atoms with Crippen molar-refractivity contribution >= 4 is 11.6 Å². The van der Waals surface area contributed by atoms with Gasteiger partial charge in [-0.05, 0) is 5.57 Å². The lowest BCUT2D eigenvalue weighted by molar-refractivity contribution is 0.0736. The fraction of sp³-hybridized carbons (Fsp3) is 0.250. The van der Waals surface area contributed by atoms with Gasteiger partial charge in [0.05, 0.1) is 0 Å². The largest absolute Gasteiger partial charge is 0.458 e. The lowest BCUT2D eigenvalue weighted by Crippen LogP contribution is -1.95. The van der Waals surface area contributed by atoms with E-state index in [1.807, 2.05) is 0 Å². The first kappa shape index (κ1) is 6.80. The molecule has 2 nitrogen and oxygen atoms in total. The van der Waals surface area contributed by atoms with Crippen LogP contribution in [0.2, 0.25) is 0 Å². The maximum atomic E-state index is 5.83. The molecule has 2 rings (SSSR count). The van der Waals surface area contributed by atoms with Crippen LogP contribution in [0.25, 0.3) is 0 Å². The molecule has 0 saturated carbocycles. The van der Waals surface area contributed by atoms with Gasteiger partial charge in [0, 0.05) is 17.5 Å². The van der Waals surface area contributed by atoms with Gasteiger partial charge in [-0.3, -0.25) is 0 Å². The van der Waals surface area contributed by atoms with Crippen LogP contribution in [0.4, 0.5) is 0 Å². The summed E-state index contributed by atoms with van der Waals surface area (Å²) in [5.74, 6) is 1.60. The van der Waals surface area contributed by atoms with Gasteiger partial charge in [-0.25, -0.2) is 0 Å². The molecule has 0 aromatic rings. The standard InChI is InChI=1S/C8H7ClO2/c1-5-2-7-8(3-6(5)9)11-4-10-7/h3H,1-2,4H2. The predicted molar refractivity (Wildman–Crippen MR) is 41.8 cm³/mol. The molecule has 0 N–H and O–H groups in total. The Morgan fingerprint density at radius 3 is 3.09 bits per heavy atom. The summed E-state index contributed by atoms with van der Waals surface area (Å²) in [4.78, 5) is 0. The molecule has 11 heavy (non-hydrogen) atoms. The first-order valence-corrected chi connectivity index (χ1v) is 3.69. The fourth-order valence-electron chi connectivity index (χ4n) is 1.07. The van der Waals surface area contributed by atoms with Crippen LogP contribution in [0.5, 0.6) is 0 Å². The summed E-state index contributed by atoms with van der Waals surface area (Å²) in [6.45, 7) is 4.09. The van der Waals surface area contributed by atoms with Crippen molar-refractivity contribution in [3.63, 3.8) is 0 Å². The summed E-state index contributed by atoms with van der Waals surface area (Å²) in [7, 11) is 0. The van der Waals surface area contributed by atoms with Gasteiger partial charge in [-0.2, -0.15) is 0 Å². The molecule has 0 radical (unpaired) electrons. The zero-order valence-corrected chi connectivity index (χ0v) is 6.65. The average Bonchev–Trinajstić information content (AvgIpc) is 2.36. The van der Waals surface area contributed by atoms with Crippen molar-refractivity contribution in [1.29, 1.82) is 0 Å². The molecule has 0 spiro atoms. The van der Waals surface area contributed by atoms with E-state index in [2.05, 4.69) is 6.58 Å². The van der Waals surface area contributed by atoms with Gasteiger partial charge in [0.25, 0.3) is 0 Å². The van der Waals surface area contributed by atoms with Crippen LogP contribution in [0.15, 0.2) is 34.8 Å². The SMILES string of the molecule is C=C1CC2=C(C=C1Cl)OCO2. The van der Waals surface area contributed by atoms with Gasteiger partial charge in [-0.1, -0.05) is 18.2 Å². The second-order valence-electron chi connectivity index (χ2n) is 2.47. The van der Waals surface area contributed by atoms with E-state index in [-0.39, 0.29) is 0 Å². The van der Waals surface area contributed by atoms with Crippen LogP contribution in [-0.2, 0) is 9.47 Å². The van der Waals surface area contributed by atoms with E-state index in [0.29, 0.717) is 18.2 Å². The molecule has 2 aliphatic rings. The van der Waals surface area contributed by atoms with E-state index in [4.69, 9.17) is 21.1 Å². The molecule has 0 aromatic heterocycles. The molecule has 1 aliphatic heterocycles. The Bertz CT molecular complexity index is 276. The Morgan fingerprint density at radius 1 is 1.45 bits per heavy atom. The summed E-state index contributed by atoms with van der Waals surface area (Å²) in [5, 5.41) is 0.661. The molecule has 58 valence electrons. The normalized spacial score (nSPS) is 22.3. The minimum Gasteiger partial charge on any atom is -0.458 e. The van der Waals surface area contributed by atoms with E-state index in [9.17, 15) is 0 Å². The first-order chi connectivity index (χ1) is 5.27. The van der Waals surface area contributed by atoms with Gasteiger partial charge >= 0.3 is 0 Å². The van der Waals surface area contributed by atoms with Crippen molar-refractivity contribution in [3.05, 3.63) is 34.8 Å².